The molecular formula is C21H22BrN3O. The number of amides is 1. The molecule has 1 N–H and O–H groups in total. The third kappa shape index (κ3) is 3.84. The van der Waals surface area contributed by atoms with Crippen molar-refractivity contribution in [1.82, 2.24) is 14.8 Å². The molecule has 1 aliphatic rings. The van der Waals surface area contributed by atoms with E-state index in [1.165, 1.54) is 5.56 Å². The second-order valence-corrected chi connectivity index (χ2v) is 7.74. The first-order valence-electron chi connectivity index (χ1n) is 8.98. The van der Waals surface area contributed by atoms with Gasteiger partial charge in [-0.1, -0.05) is 46.3 Å². The molecule has 1 aromatic heterocycles. The van der Waals surface area contributed by atoms with Gasteiger partial charge in [-0.25, -0.2) is 0 Å². The molecule has 1 amide bonds. The van der Waals surface area contributed by atoms with Crippen molar-refractivity contribution in [2.75, 3.05) is 26.2 Å². The molecule has 0 saturated carbocycles. The van der Waals surface area contributed by atoms with Crippen molar-refractivity contribution in [3.05, 3.63) is 70.3 Å². The van der Waals surface area contributed by atoms with Gasteiger partial charge in [-0.3, -0.25) is 9.69 Å². The molecule has 1 saturated heterocycles. The Hall–Kier alpha value is -2.11. The molecule has 1 fully saturated rings. The highest BCUT2D eigenvalue weighted by Gasteiger charge is 2.22. The predicted octanol–water partition coefficient (Wildman–Crippen LogP) is 3.82. The van der Waals surface area contributed by atoms with Crippen molar-refractivity contribution < 1.29 is 4.79 Å². The van der Waals surface area contributed by atoms with Gasteiger partial charge in [0, 0.05) is 54.3 Å². The molecule has 3 aromatic rings. The van der Waals surface area contributed by atoms with Crippen molar-refractivity contribution in [3.8, 4) is 0 Å². The summed E-state index contributed by atoms with van der Waals surface area (Å²) in [5.41, 5.74) is 3.48. The van der Waals surface area contributed by atoms with E-state index in [0.29, 0.717) is 6.42 Å². The Labute approximate surface area is 161 Å². The first-order chi connectivity index (χ1) is 12.7. The summed E-state index contributed by atoms with van der Waals surface area (Å²) in [5.74, 6) is 0.219. The lowest BCUT2D eigenvalue weighted by molar-refractivity contribution is -0.132. The molecule has 5 heteroatoms. The zero-order chi connectivity index (χ0) is 17.9. The van der Waals surface area contributed by atoms with Crippen molar-refractivity contribution in [2.45, 2.75) is 13.0 Å². The molecule has 1 aliphatic heterocycles. The van der Waals surface area contributed by atoms with E-state index in [1.807, 2.05) is 35.4 Å². The molecule has 4 rings (SSSR count). The van der Waals surface area contributed by atoms with Gasteiger partial charge in [-0.2, -0.15) is 0 Å². The Morgan fingerprint density at radius 1 is 1.04 bits per heavy atom. The number of carbonyl (C=O) groups is 1. The number of benzene rings is 2. The van der Waals surface area contributed by atoms with Crippen LogP contribution in [0, 0.1) is 0 Å². The van der Waals surface area contributed by atoms with E-state index in [4.69, 9.17) is 0 Å². The lowest BCUT2D eigenvalue weighted by atomic mass is 10.1. The summed E-state index contributed by atoms with van der Waals surface area (Å²) in [4.78, 5) is 20.4. The molecule has 0 atom stereocenters. The van der Waals surface area contributed by atoms with E-state index in [9.17, 15) is 4.79 Å². The number of hydrogen-bond donors (Lipinski definition) is 1. The van der Waals surface area contributed by atoms with Crippen molar-refractivity contribution in [3.63, 3.8) is 0 Å². The summed E-state index contributed by atoms with van der Waals surface area (Å²) in [6, 6.07) is 16.6. The summed E-state index contributed by atoms with van der Waals surface area (Å²) in [5, 5.41) is 1.15. The summed E-state index contributed by atoms with van der Waals surface area (Å²) in [7, 11) is 0. The highest BCUT2D eigenvalue weighted by atomic mass is 79.9. The first kappa shape index (κ1) is 17.3. The van der Waals surface area contributed by atoms with Crippen LogP contribution in [0.2, 0.25) is 0 Å². The molecule has 0 radical (unpaired) electrons. The van der Waals surface area contributed by atoms with E-state index in [1.54, 1.807) is 0 Å². The Morgan fingerprint density at radius 2 is 1.85 bits per heavy atom. The van der Waals surface area contributed by atoms with Gasteiger partial charge in [-0.15, -0.1) is 0 Å². The third-order valence-corrected chi connectivity index (χ3v) is 5.53. The number of halogens is 1. The number of para-hydroxylation sites is 1. The molecular weight excluding hydrogens is 390 g/mol. The maximum Gasteiger partial charge on any atom is 0.227 e. The number of aromatic nitrogens is 1. The van der Waals surface area contributed by atoms with Crippen LogP contribution in [0.3, 0.4) is 0 Å². The van der Waals surface area contributed by atoms with E-state index < -0.39 is 0 Å². The zero-order valence-corrected chi connectivity index (χ0v) is 16.2. The van der Waals surface area contributed by atoms with Gasteiger partial charge in [-0.05, 0) is 29.3 Å². The number of piperazine rings is 1. The summed E-state index contributed by atoms with van der Waals surface area (Å²) >= 11 is 3.53. The largest absolute Gasteiger partial charge is 0.361 e. The number of fused-ring (bicyclic) bond motifs is 1. The van der Waals surface area contributed by atoms with Crippen LogP contribution in [-0.2, 0) is 17.8 Å². The minimum atomic E-state index is 0.219. The van der Waals surface area contributed by atoms with Gasteiger partial charge < -0.3 is 9.88 Å². The van der Waals surface area contributed by atoms with Gasteiger partial charge >= 0.3 is 0 Å². The molecule has 0 unspecified atom stereocenters. The number of rotatable bonds is 4. The highest BCUT2D eigenvalue weighted by molar-refractivity contribution is 9.10. The Morgan fingerprint density at radius 3 is 2.65 bits per heavy atom. The first-order valence-corrected chi connectivity index (χ1v) is 9.78. The van der Waals surface area contributed by atoms with E-state index in [2.05, 4.69) is 50.1 Å². The normalized spacial score (nSPS) is 15.5. The number of hydrogen-bond acceptors (Lipinski definition) is 2. The summed E-state index contributed by atoms with van der Waals surface area (Å²) in [6.07, 6.45) is 2.43. The van der Waals surface area contributed by atoms with E-state index in [0.717, 1.165) is 53.7 Å². The van der Waals surface area contributed by atoms with Gasteiger partial charge in [0.25, 0.3) is 0 Å². The third-order valence-electron chi connectivity index (χ3n) is 5.04. The van der Waals surface area contributed by atoms with Gasteiger partial charge in [0.05, 0.1) is 6.42 Å². The molecule has 134 valence electrons. The van der Waals surface area contributed by atoms with Crippen molar-refractivity contribution in [1.29, 1.82) is 0 Å². The van der Waals surface area contributed by atoms with Crippen LogP contribution in [0.4, 0.5) is 0 Å². The van der Waals surface area contributed by atoms with Crippen molar-refractivity contribution in [2.24, 2.45) is 0 Å². The van der Waals surface area contributed by atoms with Gasteiger partial charge in [0.1, 0.15) is 0 Å². The van der Waals surface area contributed by atoms with Gasteiger partial charge in [0.2, 0.25) is 5.91 Å². The topological polar surface area (TPSA) is 39.3 Å². The molecule has 4 nitrogen and oxygen atoms in total. The lowest BCUT2D eigenvalue weighted by Crippen LogP contribution is -2.48. The minimum Gasteiger partial charge on any atom is -0.361 e. The number of carbonyl (C=O) groups excluding carboxylic acids is 1. The molecule has 0 aliphatic carbocycles. The van der Waals surface area contributed by atoms with Crippen LogP contribution in [0.5, 0.6) is 0 Å². The fourth-order valence-electron chi connectivity index (χ4n) is 3.60. The van der Waals surface area contributed by atoms with Crippen LogP contribution in [-0.4, -0.2) is 46.9 Å². The summed E-state index contributed by atoms with van der Waals surface area (Å²) in [6.45, 7) is 4.38. The SMILES string of the molecule is O=C(Cc1c[nH]c2ccccc12)N1CCN(Cc2cccc(Br)c2)CC1. The van der Waals surface area contributed by atoms with Crippen LogP contribution in [0.15, 0.2) is 59.2 Å². The molecule has 2 heterocycles. The minimum absolute atomic E-state index is 0.219. The van der Waals surface area contributed by atoms with Gasteiger partial charge in [0.15, 0.2) is 0 Å². The second kappa shape index (κ2) is 7.64. The predicted molar refractivity (Wildman–Crippen MR) is 108 cm³/mol. The average molecular weight is 412 g/mol. The zero-order valence-electron chi connectivity index (χ0n) is 14.6. The standard InChI is InChI=1S/C21H22BrN3O/c22-18-5-3-4-16(12-18)15-24-8-10-25(11-9-24)21(26)13-17-14-23-20-7-2-1-6-19(17)20/h1-7,12,14,23H,8-11,13,15H2. The smallest absolute Gasteiger partial charge is 0.227 e. The Balaban J connectivity index is 1.33. The Kier molecular flexibility index (Phi) is 5.09. The fraction of sp³-hybridized carbons (Fsp3) is 0.286. The van der Waals surface area contributed by atoms with Crippen LogP contribution in [0.25, 0.3) is 10.9 Å². The number of aromatic amines is 1. The number of nitrogens with zero attached hydrogens (tertiary/aromatic N) is 2. The Bertz CT molecular complexity index is 912. The second-order valence-electron chi connectivity index (χ2n) is 6.82. The average Bonchev–Trinajstić information content (AvgIpc) is 3.05. The number of H-pyrrole nitrogens is 1. The molecule has 0 spiro atoms. The van der Waals surface area contributed by atoms with Crippen LogP contribution >= 0.6 is 15.9 Å². The number of nitrogens with one attached hydrogen (secondary N) is 1. The highest BCUT2D eigenvalue weighted by Crippen LogP contribution is 2.19. The lowest BCUT2D eigenvalue weighted by Gasteiger charge is -2.34. The monoisotopic (exact) mass is 411 g/mol. The fourth-order valence-corrected chi connectivity index (χ4v) is 4.05. The molecule has 0 bridgehead atoms. The van der Waals surface area contributed by atoms with Crippen molar-refractivity contribution >= 4 is 32.7 Å². The quantitative estimate of drug-likeness (QED) is 0.708. The van der Waals surface area contributed by atoms with Crippen LogP contribution < -0.4 is 0 Å². The summed E-state index contributed by atoms with van der Waals surface area (Å²) < 4.78 is 1.11. The van der Waals surface area contributed by atoms with Crippen LogP contribution in [0.1, 0.15) is 11.1 Å². The maximum atomic E-state index is 12.7. The molecule has 26 heavy (non-hydrogen) atoms. The maximum absolute atomic E-state index is 12.7. The van der Waals surface area contributed by atoms with E-state index >= 15 is 0 Å². The molecule has 2 aromatic carbocycles. The van der Waals surface area contributed by atoms with E-state index in [-0.39, 0.29) is 5.91 Å².